The number of thioether (sulfide) groups is 1. The van der Waals surface area contributed by atoms with Crippen molar-refractivity contribution >= 4 is 34.5 Å². The van der Waals surface area contributed by atoms with Gasteiger partial charge in [0.15, 0.2) is 16.7 Å². The smallest absolute Gasteiger partial charge is 0.338 e. The van der Waals surface area contributed by atoms with E-state index in [-0.39, 0.29) is 11.9 Å². The third-order valence-electron chi connectivity index (χ3n) is 4.51. The van der Waals surface area contributed by atoms with Gasteiger partial charge in [-0.1, -0.05) is 11.6 Å². The van der Waals surface area contributed by atoms with Crippen LogP contribution in [0, 0.1) is 11.3 Å². The first kappa shape index (κ1) is 21.9. The van der Waals surface area contributed by atoms with Gasteiger partial charge in [0.1, 0.15) is 16.8 Å². The summed E-state index contributed by atoms with van der Waals surface area (Å²) >= 11 is 7.58. The number of hydrogen-bond acceptors (Lipinski definition) is 9. The maximum Gasteiger partial charge on any atom is 0.338 e. The number of nitrogens with zero attached hydrogens (tertiary/aromatic N) is 3. The zero-order valence-corrected chi connectivity index (χ0v) is 18.7. The number of allylic oxidation sites excluding steroid dienone is 2. The van der Waals surface area contributed by atoms with Gasteiger partial charge in [-0.05, 0) is 50.2 Å². The fraction of sp³-hybridized carbons (Fsp3) is 0.350. The highest BCUT2D eigenvalue weighted by Crippen LogP contribution is 2.48. The van der Waals surface area contributed by atoms with Gasteiger partial charge in [0.05, 0.1) is 42.7 Å². The third-order valence-corrected chi connectivity index (χ3v) is 5.77. The minimum atomic E-state index is -0.709. The van der Waals surface area contributed by atoms with E-state index >= 15 is 0 Å². The Hall–Kier alpha value is -2.83. The maximum absolute atomic E-state index is 13.0. The van der Waals surface area contributed by atoms with Gasteiger partial charge >= 0.3 is 5.97 Å². The second-order valence-electron chi connectivity index (χ2n) is 6.79. The number of nitriles is 1. The number of esters is 1. The molecule has 0 unspecified atom stereocenters. The van der Waals surface area contributed by atoms with E-state index in [1.165, 1.54) is 14.2 Å². The van der Waals surface area contributed by atoms with Crippen LogP contribution in [0.1, 0.15) is 32.4 Å². The van der Waals surface area contributed by atoms with E-state index in [0.717, 1.165) is 11.8 Å². The molecule has 10 heteroatoms. The number of carbonyl (C=O) groups is 1. The normalized spacial score (nSPS) is 18.3. The van der Waals surface area contributed by atoms with E-state index in [4.69, 9.17) is 31.5 Å². The van der Waals surface area contributed by atoms with Gasteiger partial charge in [-0.25, -0.2) is 9.79 Å². The SMILES string of the molecule is COc1cc([C@@H]2C(C(=O)OC(C)C)=C(C)N=C3SC(C#N)=C(N)N32)cc(Cl)c1OC. The van der Waals surface area contributed by atoms with Crippen molar-refractivity contribution in [2.45, 2.75) is 32.9 Å². The number of rotatable bonds is 5. The molecule has 0 saturated carbocycles. The molecule has 0 saturated heterocycles. The van der Waals surface area contributed by atoms with Crippen molar-refractivity contribution in [3.8, 4) is 17.6 Å². The summed E-state index contributed by atoms with van der Waals surface area (Å²) in [5, 5.41) is 10.2. The standard InChI is InChI=1S/C20H21ClN4O4S/c1-9(2)29-19(26)15-10(3)24-20-25(18(23)14(8-22)30-20)16(15)11-6-12(21)17(28-5)13(7-11)27-4/h6-7,9,16H,23H2,1-5H3/t16-/m1/s1. The van der Waals surface area contributed by atoms with Crippen molar-refractivity contribution in [2.75, 3.05) is 14.2 Å². The van der Waals surface area contributed by atoms with Crippen molar-refractivity contribution < 1.29 is 19.0 Å². The van der Waals surface area contributed by atoms with Gasteiger partial charge in [-0.3, -0.25) is 4.90 Å². The molecule has 0 bridgehead atoms. The van der Waals surface area contributed by atoms with Crippen LogP contribution in [0.15, 0.2) is 39.1 Å². The molecule has 8 nitrogen and oxygen atoms in total. The quantitative estimate of drug-likeness (QED) is 0.679. The van der Waals surface area contributed by atoms with Gasteiger partial charge in [0, 0.05) is 0 Å². The topological polar surface area (TPSA) is 110 Å². The molecule has 1 atom stereocenters. The van der Waals surface area contributed by atoms with E-state index in [1.807, 2.05) is 0 Å². The Morgan fingerprint density at radius 2 is 2.07 bits per heavy atom. The van der Waals surface area contributed by atoms with Crippen LogP contribution in [0.4, 0.5) is 0 Å². The first-order valence-corrected chi connectivity index (χ1v) is 10.2. The van der Waals surface area contributed by atoms with Gasteiger partial charge in [-0.15, -0.1) is 0 Å². The number of aliphatic imine (C=N–C) groups is 1. The van der Waals surface area contributed by atoms with Crippen LogP contribution in [-0.4, -0.2) is 36.4 Å². The second-order valence-corrected chi connectivity index (χ2v) is 8.17. The number of benzene rings is 1. The lowest BCUT2D eigenvalue weighted by Crippen LogP contribution is -2.39. The van der Waals surface area contributed by atoms with Crippen molar-refractivity contribution in [1.29, 1.82) is 5.26 Å². The highest BCUT2D eigenvalue weighted by molar-refractivity contribution is 8.17. The lowest BCUT2D eigenvalue weighted by Gasteiger charge is -2.35. The minimum absolute atomic E-state index is 0.208. The molecule has 0 amide bonds. The molecule has 0 radical (unpaired) electrons. The predicted molar refractivity (Wildman–Crippen MR) is 115 cm³/mol. The molecule has 0 spiro atoms. The van der Waals surface area contributed by atoms with Crippen LogP contribution >= 0.6 is 23.4 Å². The number of fused-ring (bicyclic) bond motifs is 1. The van der Waals surface area contributed by atoms with Gasteiger partial charge < -0.3 is 19.9 Å². The molecule has 0 fully saturated rings. The second kappa shape index (κ2) is 8.50. The Balaban J connectivity index is 2.24. The summed E-state index contributed by atoms with van der Waals surface area (Å²) in [6.45, 7) is 5.25. The van der Waals surface area contributed by atoms with Crippen molar-refractivity contribution in [3.63, 3.8) is 0 Å². The molecule has 1 aromatic carbocycles. The molecular weight excluding hydrogens is 428 g/mol. The van der Waals surface area contributed by atoms with Crippen LogP contribution in [0.2, 0.25) is 5.02 Å². The first-order valence-electron chi connectivity index (χ1n) is 9.02. The fourth-order valence-corrected chi connectivity index (χ4v) is 4.50. The fourth-order valence-electron chi connectivity index (χ4n) is 3.29. The Bertz CT molecular complexity index is 1040. The minimum Gasteiger partial charge on any atom is -0.493 e. The predicted octanol–water partition coefficient (Wildman–Crippen LogP) is 3.69. The van der Waals surface area contributed by atoms with E-state index < -0.39 is 12.0 Å². The van der Waals surface area contributed by atoms with Crippen LogP contribution < -0.4 is 15.2 Å². The van der Waals surface area contributed by atoms with E-state index in [0.29, 0.717) is 43.4 Å². The van der Waals surface area contributed by atoms with E-state index in [1.54, 1.807) is 37.8 Å². The Labute approximate surface area is 183 Å². The highest BCUT2D eigenvalue weighted by atomic mass is 35.5. The summed E-state index contributed by atoms with van der Waals surface area (Å²) in [6.07, 6.45) is -0.326. The number of carbonyl (C=O) groups excluding carboxylic acids is 1. The third kappa shape index (κ3) is 3.68. The molecule has 2 N–H and O–H groups in total. The monoisotopic (exact) mass is 448 g/mol. The molecule has 3 rings (SSSR count). The summed E-state index contributed by atoms with van der Waals surface area (Å²) in [6, 6.07) is 4.76. The molecular formula is C20H21ClN4O4S. The van der Waals surface area contributed by atoms with Gasteiger partial charge in [0.25, 0.3) is 0 Å². The summed E-state index contributed by atoms with van der Waals surface area (Å²) in [5.41, 5.74) is 7.66. The van der Waals surface area contributed by atoms with Crippen molar-refractivity contribution in [2.24, 2.45) is 10.7 Å². The summed E-state index contributed by atoms with van der Waals surface area (Å²) in [7, 11) is 2.98. The Morgan fingerprint density at radius 1 is 1.37 bits per heavy atom. The molecule has 1 aromatic rings. The molecule has 158 valence electrons. The van der Waals surface area contributed by atoms with Crippen molar-refractivity contribution in [1.82, 2.24) is 4.90 Å². The molecule has 0 aliphatic carbocycles. The molecule has 30 heavy (non-hydrogen) atoms. The lowest BCUT2D eigenvalue weighted by atomic mass is 9.94. The average Bonchev–Trinajstić information content (AvgIpc) is 3.00. The van der Waals surface area contributed by atoms with E-state index in [2.05, 4.69) is 11.1 Å². The van der Waals surface area contributed by atoms with Gasteiger partial charge in [-0.2, -0.15) is 5.26 Å². The van der Waals surface area contributed by atoms with Crippen LogP contribution in [0.25, 0.3) is 0 Å². The summed E-state index contributed by atoms with van der Waals surface area (Å²) < 4.78 is 16.2. The summed E-state index contributed by atoms with van der Waals surface area (Å²) in [4.78, 5) is 19.5. The first-order chi connectivity index (χ1) is 14.2. The molecule has 2 aliphatic heterocycles. The van der Waals surface area contributed by atoms with E-state index in [9.17, 15) is 10.1 Å². The Morgan fingerprint density at radius 3 is 2.63 bits per heavy atom. The molecule has 2 heterocycles. The average molecular weight is 449 g/mol. The molecule has 2 aliphatic rings. The molecule has 0 aromatic heterocycles. The number of methoxy groups -OCH3 is 2. The number of ether oxygens (including phenoxy) is 3. The number of hydrogen-bond donors (Lipinski definition) is 1. The largest absolute Gasteiger partial charge is 0.493 e. The maximum atomic E-state index is 13.0. The zero-order valence-electron chi connectivity index (χ0n) is 17.1. The van der Waals surface area contributed by atoms with Crippen LogP contribution in [-0.2, 0) is 9.53 Å². The van der Waals surface area contributed by atoms with Crippen LogP contribution in [0.3, 0.4) is 0 Å². The highest BCUT2D eigenvalue weighted by Gasteiger charge is 2.43. The number of halogens is 1. The Kier molecular flexibility index (Phi) is 6.19. The van der Waals surface area contributed by atoms with Crippen molar-refractivity contribution in [3.05, 3.63) is 44.7 Å². The number of nitrogens with two attached hydrogens (primary N) is 1. The lowest BCUT2D eigenvalue weighted by molar-refractivity contribution is -0.143. The van der Waals surface area contributed by atoms with Gasteiger partial charge in [0.2, 0.25) is 0 Å². The zero-order chi connectivity index (χ0) is 22.2. The number of amidine groups is 1. The van der Waals surface area contributed by atoms with Crippen LogP contribution in [0.5, 0.6) is 11.5 Å². The summed E-state index contributed by atoms with van der Waals surface area (Å²) in [5.74, 6) is 0.453.